The Morgan fingerprint density at radius 2 is 1.75 bits per heavy atom. The van der Waals surface area contributed by atoms with Gasteiger partial charge in [-0.15, -0.1) is 0 Å². The van der Waals surface area contributed by atoms with Crippen molar-refractivity contribution in [1.82, 2.24) is 0 Å². The number of rotatable bonds is 2. The van der Waals surface area contributed by atoms with Crippen LogP contribution in [0.2, 0.25) is 0 Å². The van der Waals surface area contributed by atoms with E-state index in [4.69, 9.17) is 9.47 Å². The maximum absolute atomic E-state index is 6.15. The van der Waals surface area contributed by atoms with Crippen molar-refractivity contribution in [2.24, 2.45) is 11.8 Å². The molecule has 2 nitrogen and oxygen atoms in total. The molecule has 0 bridgehead atoms. The summed E-state index contributed by atoms with van der Waals surface area (Å²) in [6.07, 6.45) is 8.78. The van der Waals surface area contributed by atoms with E-state index < -0.39 is 0 Å². The van der Waals surface area contributed by atoms with E-state index in [0.717, 1.165) is 19.1 Å². The van der Waals surface area contributed by atoms with Crippen LogP contribution in [0.25, 0.3) is 0 Å². The first kappa shape index (κ1) is 12.8. The van der Waals surface area contributed by atoms with Crippen LogP contribution >= 0.6 is 0 Å². The molecular formula is C18H24O2. The van der Waals surface area contributed by atoms with Gasteiger partial charge in [0, 0.05) is 12.5 Å². The summed E-state index contributed by atoms with van der Waals surface area (Å²) in [5.74, 6) is 1.34. The van der Waals surface area contributed by atoms with E-state index in [-0.39, 0.29) is 6.10 Å². The highest BCUT2D eigenvalue weighted by molar-refractivity contribution is 5.32. The van der Waals surface area contributed by atoms with Crippen molar-refractivity contribution in [2.45, 2.75) is 57.3 Å². The highest BCUT2D eigenvalue weighted by Gasteiger charge is 2.42. The average molecular weight is 272 g/mol. The van der Waals surface area contributed by atoms with Crippen molar-refractivity contribution in [1.29, 1.82) is 0 Å². The van der Waals surface area contributed by atoms with Crippen LogP contribution in [0.1, 0.15) is 55.8 Å². The van der Waals surface area contributed by atoms with Gasteiger partial charge in [-0.1, -0.05) is 43.5 Å². The molecule has 1 saturated carbocycles. The topological polar surface area (TPSA) is 18.5 Å². The Hall–Kier alpha value is -0.860. The van der Waals surface area contributed by atoms with Gasteiger partial charge < -0.3 is 9.47 Å². The summed E-state index contributed by atoms with van der Waals surface area (Å²) >= 11 is 0. The third-order valence-electron chi connectivity index (χ3n) is 5.47. The Morgan fingerprint density at radius 3 is 2.65 bits per heavy atom. The van der Waals surface area contributed by atoms with Crippen molar-refractivity contribution >= 4 is 0 Å². The molecule has 1 aliphatic carbocycles. The summed E-state index contributed by atoms with van der Waals surface area (Å²) in [6, 6.07) is 8.73. The molecule has 1 aromatic rings. The van der Waals surface area contributed by atoms with Gasteiger partial charge in [-0.05, 0) is 36.3 Å². The third-order valence-corrected chi connectivity index (χ3v) is 5.47. The second kappa shape index (κ2) is 5.50. The molecule has 108 valence electrons. The maximum atomic E-state index is 6.15. The van der Waals surface area contributed by atoms with E-state index in [2.05, 4.69) is 24.3 Å². The molecule has 3 atom stereocenters. The van der Waals surface area contributed by atoms with Gasteiger partial charge in [-0.25, -0.2) is 0 Å². The highest BCUT2D eigenvalue weighted by Crippen LogP contribution is 2.46. The fourth-order valence-corrected chi connectivity index (χ4v) is 4.47. The first-order valence-electron chi connectivity index (χ1n) is 8.24. The molecule has 0 spiro atoms. The Balaban J connectivity index is 1.55. The first-order chi connectivity index (χ1) is 9.93. The van der Waals surface area contributed by atoms with Gasteiger partial charge in [-0.3, -0.25) is 0 Å². The summed E-state index contributed by atoms with van der Waals surface area (Å²) in [4.78, 5) is 0. The second-order valence-corrected chi connectivity index (χ2v) is 6.62. The van der Waals surface area contributed by atoms with Crippen LogP contribution in [-0.4, -0.2) is 12.7 Å². The number of benzene rings is 1. The quantitative estimate of drug-likeness (QED) is 0.801. The molecule has 4 rings (SSSR count). The van der Waals surface area contributed by atoms with Crippen LogP contribution in [0.5, 0.6) is 0 Å². The zero-order valence-corrected chi connectivity index (χ0v) is 12.1. The van der Waals surface area contributed by atoms with Crippen LogP contribution in [0.3, 0.4) is 0 Å². The zero-order chi connectivity index (χ0) is 13.4. The largest absolute Gasteiger partial charge is 0.378 e. The van der Waals surface area contributed by atoms with Crippen LogP contribution in [0, 0.1) is 11.8 Å². The van der Waals surface area contributed by atoms with Crippen LogP contribution < -0.4 is 0 Å². The van der Waals surface area contributed by atoms with Crippen molar-refractivity contribution in [3.8, 4) is 0 Å². The van der Waals surface area contributed by atoms with Gasteiger partial charge in [-0.2, -0.15) is 0 Å². The lowest BCUT2D eigenvalue weighted by atomic mass is 9.77. The summed E-state index contributed by atoms with van der Waals surface area (Å²) in [5, 5.41) is 0. The monoisotopic (exact) mass is 272 g/mol. The molecule has 0 N–H and O–H groups in total. The summed E-state index contributed by atoms with van der Waals surface area (Å²) in [5.41, 5.74) is 2.80. The molecular weight excluding hydrogens is 248 g/mol. The average Bonchev–Trinajstić information content (AvgIpc) is 3.14. The van der Waals surface area contributed by atoms with Crippen LogP contribution in [-0.2, 0) is 16.1 Å². The molecule has 0 radical (unpaired) electrons. The lowest BCUT2D eigenvalue weighted by Crippen LogP contribution is -2.31. The number of hydrogen-bond donors (Lipinski definition) is 0. The predicted molar refractivity (Wildman–Crippen MR) is 78.4 cm³/mol. The first-order valence-corrected chi connectivity index (χ1v) is 8.24. The van der Waals surface area contributed by atoms with E-state index in [0.29, 0.717) is 12.0 Å². The van der Waals surface area contributed by atoms with Gasteiger partial charge in [0.2, 0.25) is 0 Å². The fourth-order valence-electron chi connectivity index (χ4n) is 4.47. The van der Waals surface area contributed by atoms with E-state index in [1.54, 1.807) is 0 Å². The predicted octanol–water partition coefficient (Wildman–Crippen LogP) is 4.24. The Labute approximate surface area is 121 Å². The molecule has 1 saturated heterocycles. The smallest absolute Gasteiger partial charge is 0.0886 e. The highest BCUT2D eigenvalue weighted by atomic mass is 16.5. The van der Waals surface area contributed by atoms with Crippen molar-refractivity contribution < 1.29 is 9.47 Å². The minimum absolute atomic E-state index is 0.278. The molecule has 3 aliphatic rings. The molecule has 0 unspecified atom stereocenters. The van der Waals surface area contributed by atoms with Crippen LogP contribution in [0.4, 0.5) is 0 Å². The normalized spacial score (nSPS) is 34.3. The summed E-state index contributed by atoms with van der Waals surface area (Å²) in [7, 11) is 0. The summed E-state index contributed by atoms with van der Waals surface area (Å²) < 4.78 is 12.3. The summed E-state index contributed by atoms with van der Waals surface area (Å²) in [6.45, 7) is 1.71. The van der Waals surface area contributed by atoms with Gasteiger partial charge in [0.1, 0.15) is 0 Å². The van der Waals surface area contributed by atoms with E-state index >= 15 is 0 Å². The SMILES string of the molecule is c1ccc2c(c1)CO[C@@H]2[C@@H]1CCO[C@H]1C1CCCCC1. The van der Waals surface area contributed by atoms with Crippen molar-refractivity contribution in [3.63, 3.8) is 0 Å². The minimum Gasteiger partial charge on any atom is -0.378 e. The van der Waals surface area contributed by atoms with Gasteiger partial charge >= 0.3 is 0 Å². The lowest BCUT2D eigenvalue weighted by molar-refractivity contribution is -0.0379. The van der Waals surface area contributed by atoms with Gasteiger partial charge in [0.25, 0.3) is 0 Å². The molecule has 2 aliphatic heterocycles. The van der Waals surface area contributed by atoms with E-state index in [9.17, 15) is 0 Å². The van der Waals surface area contributed by atoms with Crippen LogP contribution in [0.15, 0.2) is 24.3 Å². The van der Waals surface area contributed by atoms with Gasteiger partial charge in [0.05, 0.1) is 18.8 Å². The molecule has 2 heteroatoms. The van der Waals surface area contributed by atoms with Crippen molar-refractivity contribution in [2.75, 3.05) is 6.61 Å². The van der Waals surface area contributed by atoms with E-state index in [1.165, 1.54) is 49.7 Å². The molecule has 1 aromatic carbocycles. The van der Waals surface area contributed by atoms with Crippen molar-refractivity contribution in [3.05, 3.63) is 35.4 Å². The standard InChI is InChI=1S/C18H24O2/c1-2-6-13(7-3-1)17-16(10-11-19-17)18-15-9-5-4-8-14(15)12-20-18/h4-5,8-9,13,16-18H,1-3,6-7,10-12H2/t16-,17+,18+/m1/s1. The molecule has 2 heterocycles. The zero-order valence-electron chi connectivity index (χ0n) is 12.1. The Morgan fingerprint density at radius 1 is 0.900 bits per heavy atom. The number of hydrogen-bond acceptors (Lipinski definition) is 2. The number of fused-ring (bicyclic) bond motifs is 1. The number of ether oxygens (including phenoxy) is 2. The minimum atomic E-state index is 0.278. The Kier molecular flexibility index (Phi) is 3.53. The molecule has 20 heavy (non-hydrogen) atoms. The lowest BCUT2D eigenvalue weighted by Gasteiger charge is -2.33. The Bertz CT molecular complexity index is 464. The maximum Gasteiger partial charge on any atom is 0.0886 e. The molecule has 2 fully saturated rings. The second-order valence-electron chi connectivity index (χ2n) is 6.62. The van der Waals surface area contributed by atoms with E-state index in [1.807, 2.05) is 0 Å². The molecule has 0 amide bonds. The molecule has 0 aromatic heterocycles. The third kappa shape index (κ3) is 2.19. The van der Waals surface area contributed by atoms with Gasteiger partial charge in [0.15, 0.2) is 0 Å². The fraction of sp³-hybridized carbons (Fsp3) is 0.667.